The minimum absolute atomic E-state index is 0.108. The number of nitrogens with zero attached hydrogens (tertiary/aromatic N) is 4. The Labute approximate surface area is 368 Å². The maximum atomic E-state index is 13.8. The summed E-state index contributed by atoms with van der Waals surface area (Å²) in [6, 6.07) is 15.7. The van der Waals surface area contributed by atoms with Crippen molar-refractivity contribution in [2.24, 2.45) is 17.3 Å². The largest absolute Gasteiger partial charge is 0.453 e. The Balaban J connectivity index is 1.01. The lowest BCUT2D eigenvalue weighted by atomic mass is 9.82. The summed E-state index contributed by atoms with van der Waals surface area (Å²) in [5.41, 5.74) is 11.5. The van der Waals surface area contributed by atoms with Crippen molar-refractivity contribution in [2.45, 2.75) is 116 Å². The lowest BCUT2D eigenvalue weighted by Gasteiger charge is -2.29. The zero-order valence-corrected chi connectivity index (χ0v) is 37.3. The fraction of sp³-hybridized carbons (Fsp3) is 0.510. The molecule has 4 heterocycles. The van der Waals surface area contributed by atoms with Gasteiger partial charge >= 0.3 is 12.2 Å². The highest BCUT2D eigenvalue weighted by atomic mass is 16.5. The zero-order valence-electron chi connectivity index (χ0n) is 37.3. The number of hydrogen-bond acceptors (Lipinski definition) is 8. The van der Waals surface area contributed by atoms with Gasteiger partial charge in [-0.2, -0.15) is 0 Å². The summed E-state index contributed by atoms with van der Waals surface area (Å²) < 4.78 is 9.65. The summed E-state index contributed by atoms with van der Waals surface area (Å²) >= 11 is 0. The second kappa shape index (κ2) is 17.0. The molecule has 0 radical (unpaired) electrons. The van der Waals surface area contributed by atoms with Crippen LogP contribution >= 0.6 is 0 Å². The summed E-state index contributed by atoms with van der Waals surface area (Å²) in [4.78, 5) is 72.9. The lowest BCUT2D eigenvalue weighted by molar-refractivity contribution is -0.136. The van der Waals surface area contributed by atoms with Crippen LogP contribution in [0.1, 0.15) is 114 Å². The second-order valence-corrected chi connectivity index (χ2v) is 19.0. The lowest BCUT2D eigenvalue weighted by Crippen LogP contribution is -2.51. The number of H-pyrrole nitrogens is 2. The molecule has 0 bridgehead atoms. The highest BCUT2D eigenvalue weighted by molar-refractivity contribution is 5.90. The summed E-state index contributed by atoms with van der Waals surface area (Å²) in [6.45, 7) is 8.89. The number of methoxy groups -OCH3 is 2. The number of alkyl carbamates (subject to hydrolysis) is 2. The topological polar surface area (TPSA) is 175 Å². The number of carbonyl (C=O) groups excluding carboxylic acids is 4. The molecule has 4 aliphatic rings. The predicted octanol–water partition coefficient (Wildman–Crippen LogP) is 8.52. The molecule has 2 aliphatic heterocycles. The fourth-order valence-electron chi connectivity index (χ4n) is 11.0. The van der Waals surface area contributed by atoms with Gasteiger partial charge in [-0.1, -0.05) is 64.8 Å². The average Bonchev–Trinajstić information content (AvgIpc) is 4.14. The number of amides is 4. The molecule has 4 amide bonds. The van der Waals surface area contributed by atoms with Crippen LogP contribution in [0, 0.1) is 17.3 Å². The molecule has 63 heavy (non-hydrogen) atoms. The van der Waals surface area contributed by atoms with Crippen LogP contribution in [-0.4, -0.2) is 93.1 Å². The van der Waals surface area contributed by atoms with Crippen molar-refractivity contribution in [3.63, 3.8) is 0 Å². The van der Waals surface area contributed by atoms with Crippen molar-refractivity contribution in [3.8, 4) is 22.3 Å². The maximum Gasteiger partial charge on any atom is 0.407 e. The van der Waals surface area contributed by atoms with E-state index in [1.165, 1.54) is 62.2 Å². The molecule has 5 aromatic rings. The minimum Gasteiger partial charge on any atom is -0.453 e. The van der Waals surface area contributed by atoms with Crippen LogP contribution in [0.4, 0.5) is 9.59 Å². The molecule has 1 saturated carbocycles. The number of carbonyl (C=O) groups is 4. The van der Waals surface area contributed by atoms with E-state index in [1.807, 2.05) is 37.5 Å². The fourth-order valence-corrected chi connectivity index (χ4v) is 11.0. The first-order valence-electron chi connectivity index (χ1n) is 22.8. The summed E-state index contributed by atoms with van der Waals surface area (Å²) in [6.07, 6.45) is 9.16. The summed E-state index contributed by atoms with van der Waals surface area (Å²) in [5, 5.41) is 5.49. The zero-order chi connectivity index (χ0) is 44.2. The Hall–Kier alpha value is -5.92. The third-order valence-electron chi connectivity index (χ3n) is 14.3. The van der Waals surface area contributed by atoms with Crippen molar-refractivity contribution in [2.75, 3.05) is 27.3 Å². The molecule has 0 unspecified atom stereocenters. The second-order valence-electron chi connectivity index (χ2n) is 19.0. The number of nitrogens with one attached hydrogen (secondary N) is 4. The summed E-state index contributed by atoms with van der Waals surface area (Å²) in [5.74, 6) is 1.06. The van der Waals surface area contributed by atoms with Crippen molar-refractivity contribution < 1.29 is 28.7 Å². The molecular weight excluding hydrogens is 797 g/mol. The number of hydrogen-bond donors (Lipinski definition) is 4. The number of aromatic amines is 2. The van der Waals surface area contributed by atoms with Crippen LogP contribution in [0.3, 0.4) is 0 Å². The standard InChI is InChI=1S/C49H60N8O6/c1-27(2)41(54-47(60)62-5)45(58)56-21-9-11-39(56)43-50-35-17-13-29(23-37(35)52-43)31-15-16-32(34-26-49(25-33(31)34)19-7-8-20-49)30-14-18-36-38(24-30)53-44(51-36)40-12-10-22-57(40)46(59)42(28(3)4)55-48(61)63-6/h13-18,23-24,27-28,39-42H,7-12,19-22,25-26H2,1-6H3,(H,50,52)(H,51,53)(H,54,60)(H,55,61)/t39-,40-,41-,42-/m0/s1. The SMILES string of the molecule is COC(=O)N[C@H](C(=O)N1CCC[C@H]1c1nc2ccc(-c3ccc(-c4ccc5nc([C@@H]6CCCN6C(=O)[C@@H](NC(=O)OC)C(C)C)[nH]c5c4)c4c3CC3(CCCC3)C4)cc2[nH]1)C(C)C. The minimum atomic E-state index is -0.692. The van der Waals surface area contributed by atoms with Gasteiger partial charge in [0.15, 0.2) is 0 Å². The van der Waals surface area contributed by atoms with E-state index in [-0.39, 0.29) is 41.1 Å². The molecule has 4 N–H and O–H groups in total. The van der Waals surface area contributed by atoms with Crippen molar-refractivity contribution in [3.05, 3.63) is 71.3 Å². The van der Waals surface area contributed by atoms with Gasteiger partial charge in [-0.3, -0.25) is 9.59 Å². The van der Waals surface area contributed by atoms with E-state index in [9.17, 15) is 19.2 Å². The van der Waals surface area contributed by atoms with Crippen LogP contribution in [0.2, 0.25) is 0 Å². The van der Waals surface area contributed by atoms with Gasteiger partial charge in [0, 0.05) is 13.1 Å². The third-order valence-corrected chi connectivity index (χ3v) is 14.3. The van der Waals surface area contributed by atoms with E-state index in [0.29, 0.717) is 13.1 Å². The smallest absolute Gasteiger partial charge is 0.407 e. The van der Waals surface area contributed by atoms with E-state index < -0.39 is 24.3 Å². The summed E-state index contributed by atoms with van der Waals surface area (Å²) in [7, 11) is 2.61. The van der Waals surface area contributed by atoms with Gasteiger partial charge < -0.3 is 39.9 Å². The quantitative estimate of drug-likeness (QED) is 0.108. The molecule has 4 atom stereocenters. The molecule has 332 valence electrons. The highest BCUT2D eigenvalue weighted by Crippen LogP contribution is 2.53. The van der Waals surface area contributed by atoms with Gasteiger partial charge in [0.2, 0.25) is 11.8 Å². The van der Waals surface area contributed by atoms with Crippen LogP contribution in [-0.2, 0) is 31.9 Å². The van der Waals surface area contributed by atoms with E-state index in [1.54, 1.807) is 0 Å². The normalized spacial score (nSPS) is 20.3. The first kappa shape index (κ1) is 42.4. The van der Waals surface area contributed by atoms with E-state index in [2.05, 4.69) is 69.1 Å². The van der Waals surface area contributed by atoms with Crippen LogP contribution in [0.15, 0.2) is 48.5 Å². The van der Waals surface area contributed by atoms with Gasteiger partial charge in [0.05, 0.1) is 48.4 Å². The molecule has 1 spiro atoms. The van der Waals surface area contributed by atoms with E-state index >= 15 is 0 Å². The van der Waals surface area contributed by atoms with Crippen molar-refractivity contribution >= 4 is 46.1 Å². The van der Waals surface area contributed by atoms with Crippen LogP contribution < -0.4 is 10.6 Å². The van der Waals surface area contributed by atoms with Crippen LogP contribution in [0.5, 0.6) is 0 Å². The van der Waals surface area contributed by atoms with Crippen molar-refractivity contribution in [1.29, 1.82) is 0 Å². The van der Waals surface area contributed by atoms with Crippen LogP contribution in [0.25, 0.3) is 44.3 Å². The number of aromatic nitrogens is 4. The molecule has 3 fully saturated rings. The number of rotatable bonds is 10. The maximum absolute atomic E-state index is 13.8. The molecule has 14 nitrogen and oxygen atoms in total. The average molecular weight is 857 g/mol. The number of benzene rings is 3. The molecule has 2 saturated heterocycles. The first-order chi connectivity index (χ1) is 30.4. The van der Waals surface area contributed by atoms with Gasteiger partial charge in [-0.15, -0.1) is 0 Å². The Kier molecular flexibility index (Phi) is 11.4. The molecule has 9 rings (SSSR count). The van der Waals surface area contributed by atoms with Gasteiger partial charge in [-0.25, -0.2) is 19.6 Å². The Bertz CT molecular complexity index is 2400. The van der Waals surface area contributed by atoms with Gasteiger partial charge in [0.25, 0.3) is 0 Å². The molecule has 2 aromatic heterocycles. The Morgan fingerprint density at radius 3 is 1.48 bits per heavy atom. The highest BCUT2D eigenvalue weighted by Gasteiger charge is 2.43. The monoisotopic (exact) mass is 856 g/mol. The molecule has 2 aliphatic carbocycles. The van der Waals surface area contributed by atoms with Crippen molar-refractivity contribution in [1.82, 2.24) is 40.4 Å². The molecule has 14 heteroatoms. The number of ether oxygens (including phenoxy) is 2. The number of fused-ring (bicyclic) bond motifs is 3. The Morgan fingerprint density at radius 2 is 1.08 bits per heavy atom. The number of likely N-dealkylation sites (tertiary alicyclic amines) is 2. The Morgan fingerprint density at radius 1 is 0.651 bits per heavy atom. The predicted molar refractivity (Wildman–Crippen MR) is 241 cm³/mol. The van der Waals surface area contributed by atoms with E-state index in [4.69, 9.17) is 19.4 Å². The molecule has 3 aromatic carbocycles. The first-order valence-corrected chi connectivity index (χ1v) is 22.8. The third kappa shape index (κ3) is 7.90. The van der Waals surface area contributed by atoms with Gasteiger partial charge in [-0.05, 0) is 126 Å². The van der Waals surface area contributed by atoms with E-state index in [0.717, 1.165) is 83.4 Å². The van der Waals surface area contributed by atoms with Gasteiger partial charge in [0.1, 0.15) is 23.7 Å². The number of imidazole rings is 2. The molecular formula is C49H60N8O6.